The summed E-state index contributed by atoms with van der Waals surface area (Å²) in [7, 11) is 0. The lowest BCUT2D eigenvalue weighted by atomic mass is 10.0. The van der Waals surface area contributed by atoms with Crippen LogP contribution >= 0.6 is 27.7 Å². The van der Waals surface area contributed by atoms with Gasteiger partial charge in [-0.3, -0.25) is 4.79 Å². The molecular formula is C19H17BrFN5OS. The second-order valence-electron chi connectivity index (χ2n) is 6.53. The summed E-state index contributed by atoms with van der Waals surface area (Å²) in [5.41, 5.74) is 5.88. The zero-order valence-corrected chi connectivity index (χ0v) is 17.5. The molecule has 6 nitrogen and oxygen atoms in total. The molecule has 1 amide bonds. The predicted octanol–water partition coefficient (Wildman–Crippen LogP) is 4.19. The van der Waals surface area contributed by atoms with Gasteiger partial charge in [0.2, 0.25) is 11.1 Å². The first-order chi connectivity index (χ1) is 13.4. The van der Waals surface area contributed by atoms with Crippen LogP contribution in [0.1, 0.15) is 23.0 Å². The van der Waals surface area contributed by atoms with E-state index < -0.39 is 5.25 Å². The van der Waals surface area contributed by atoms with Crippen molar-refractivity contribution in [3.05, 3.63) is 69.7 Å². The molecule has 1 aromatic heterocycles. The van der Waals surface area contributed by atoms with E-state index in [4.69, 9.17) is 0 Å². The van der Waals surface area contributed by atoms with Crippen molar-refractivity contribution >= 4 is 39.3 Å². The molecule has 0 saturated heterocycles. The maximum absolute atomic E-state index is 13.4. The number of hydrogen-bond donors (Lipinski definition) is 2. The van der Waals surface area contributed by atoms with Crippen molar-refractivity contribution in [2.45, 2.75) is 30.3 Å². The highest BCUT2D eigenvalue weighted by atomic mass is 79.9. The summed E-state index contributed by atoms with van der Waals surface area (Å²) in [6, 6.07) is 11.5. The van der Waals surface area contributed by atoms with E-state index in [-0.39, 0.29) is 17.8 Å². The number of benzene rings is 2. The van der Waals surface area contributed by atoms with Crippen LogP contribution in [0.3, 0.4) is 0 Å². The number of carbonyl (C=O) groups is 1. The molecule has 0 fully saturated rings. The summed E-state index contributed by atoms with van der Waals surface area (Å²) in [6.07, 6.45) is 0. The van der Waals surface area contributed by atoms with Crippen LogP contribution in [0.15, 0.2) is 52.1 Å². The van der Waals surface area contributed by atoms with Gasteiger partial charge in [-0.05, 0) is 65.2 Å². The number of nitrogens with one attached hydrogen (secondary N) is 2. The lowest BCUT2D eigenvalue weighted by Crippen LogP contribution is -2.41. The first-order valence-electron chi connectivity index (χ1n) is 8.60. The molecule has 0 saturated carbocycles. The highest BCUT2D eigenvalue weighted by molar-refractivity contribution is 9.10. The van der Waals surface area contributed by atoms with Gasteiger partial charge in [-0.1, -0.05) is 30.0 Å². The Morgan fingerprint density at radius 1 is 1.21 bits per heavy atom. The Bertz CT molecular complexity index is 1040. The zero-order chi connectivity index (χ0) is 19.8. The fraction of sp³-hybridized carbons (Fsp3) is 0.211. The van der Waals surface area contributed by atoms with Gasteiger partial charge < -0.3 is 10.7 Å². The Labute approximate surface area is 174 Å². The predicted molar refractivity (Wildman–Crippen MR) is 110 cm³/mol. The molecule has 2 N–H and O–H groups in total. The normalized spacial score (nSPS) is 18.3. The van der Waals surface area contributed by atoms with E-state index in [9.17, 15) is 9.18 Å². The maximum atomic E-state index is 13.4. The van der Waals surface area contributed by atoms with E-state index >= 15 is 0 Å². The zero-order valence-electron chi connectivity index (χ0n) is 15.1. The lowest BCUT2D eigenvalue weighted by molar-refractivity contribution is -0.116. The third-order valence-corrected chi connectivity index (χ3v) is 6.34. The summed E-state index contributed by atoms with van der Waals surface area (Å²) in [6.45, 7) is 3.81. The third-order valence-electron chi connectivity index (χ3n) is 4.47. The number of halogens is 2. The largest absolute Gasteiger partial charge is 0.324 e. The van der Waals surface area contributed by atoms with Crippen molar-refractivity contribution < 1.29 is 9.18 Å². The molecule has 4 rings (SSSR count). The molecule has 0 bridgehead atoms. The van der Waals surface area contributed by atoms with Gasteiger partial charge in [0.25, 0.3) is 0 Å². The molecular weight excluding hydrogens is 445 g/mol. The van der Waals surface area contributed by atoms with Gasteiger partial charge in [0.15, 0.2) is 0 Å². The van der Waals surface area contributed by atoms with Crippen molar-refractivity contribution in [1.29, 1.82) is 0 Å². The molecule has 9 heteroatoms. The lowest BCUT2D eigenvalue weighted by Gasteiger charge is -2.32. The van der Waals surface area contributed by atoms with Crippen LogP contribution < -0.4 is 10.7 Å². The smallest absolute Gasteiger partial charge is 0.240 e. The van der Waals surface area contributed by atoms with Crippen LogP contribution in [-0.2, 0) is 4.79 Å². The highest BCUT2D eigenvalue weighted by Gasteiger charge is 2.37. The fourth-order valence-corrected chi connectivity index (χ4v) is 4.72. The average Bonchev–Trinajstić information content (AvgIpc) is 3.04. The number of hydrogen-bond acceptors (Lipinski definition) is 5. The Balaban J connectivity index is 1.67. The monoisotopic (exact) mass is 461 g/mol. The molecule has 1 aliphatic rings. The number of aryl methyl sites for hydroxylation is 2. The van der Waals surface area contributed by atoms with Crippen LogP contribution in [0.25, 0.3) is 0 Å². The van der Waals surface area contributed by atoms with E-state index in [1.807, 2.05) is 32.0 Å². The minimum atomic E-state index is -0.519. The maximum Gasteiger partial charge on any atom is 0.240 e. The quantitative estimate of drug-likeness (QED) is 0.611. The van der Waals surface area contributed by atoms with Gasteiger partial charge in [-0.15, -0.1) is 10.2 Å². The van der Waals surface area contributed by atoms with Crippen molar-refractivity contribution in [2.75, 3.05) is 10.7 Å². The standard InChI is InChI=1S/C19H17BrFN5OS/c1-10-3-8-15(14(20)9-10)22-18(27)17-16(12-4-6-13(21)7-5-12)25-26-11(2)23-24-19(26)28-17/h3-9,16-17,25H,1-2H3,(H,22,27)/t16-,17-/m0/s1. The van der Waals surface area contributed by atoms with E-state index in [0.29, 0.717) is 16.7 Å². The molecule has 2 atom stereocenters. The minimum absolute atomic E-state index is 0.178. The Morgan fingerprint density at radius 3 is 2.68 bits per heavy atom. The van der Waals surface area contributed by atoms with Crippen LogP contribution in [0.2, 0.25) is 0 Å². The third kappa shape index (κ3) is 3.64. The highest BCUT2D eigenvalue weighted by Crippen LogP contribution is 2.38. The van der Waals surface area contributed by atoms with E-state index in [1.165, 1.54) is 23.9 Å². The second kappa shape index (κ2) is 7.56. The number of aromatic nitrogens is 3. The minimum Gasteiger partial charge on any atom is -0.324 e. The summed E-state index contributed by atoms with van der Waals surface area (Å²) in [5, 5.41) is 11.3. The number of anilines is 1. The summed E-state index contributed by atoms with van der Waals surface area (Å²) in [4.78, 5) is 13.1. The Morgan fingerprint density at radius 2 is 1.96 bits per heavy atom. The molecule has 0 spiro atoms. The van der Waals surface area contributed by atoms with Gasteiger partial charge in [0, 0.05) is 4.47 Å². The first-order valence-corrected chi connectivity index (χ1v) is 10.3. The van der Waals surface area contributed by atoms with E-state index in [1.54, 1.807) is 16.8 Å². The van der Waals surface area contributed by atoms with Crippen LogP contribution in [-0.4, -0.2) is 26.0 Å². The SMILES string of the molecule is Cc1ccc(NC(=O)[C@H]2Sc3nnc(C)n3N[C@H]2c2ccc(F)cc2)c(Br)c1. The van der Waals surface area contributed by atoms with Gasteiger partial charge >= 0.3 is 0 Å². The van der Waals surface area contributed by atoms with Gasteiger partial charge in [-0.25, -0.2) is 9.07 Å². The molecule has 0 aliphatic carbocycles. The van der Waals surface area contributed by atoms with Gasteiger partial charge in [0.05, 0.1) is 11.7 Å². The molecule has 0 unspecified atom stereocenters. The summed E-state index contributed by atoms with van der Waals surface area (Å²) >= 11 is 4.82. The van der Waals surface area contributed by atoms with Crippen LogP contribution in [0, 0.1) is 19.7 Å². The molecule has 2 heterocycles. The fourth-order valence-electron chi connectivity index (χ4n) is 3.01. The molecule has 0 radical (unpaired) electrons. The van der Waals surface area contributed by atoms with Gasteiger partial charge in [-0.2, -0.15) is 0 Å². The second-order valence-corrected chi connectivity index (χ2v) is 8.50. The number of fused-ring (bicyclic) bond motifs is 1. The van der Waals surface area contributed by atoms with Crippen molar-refractivity contribution in [3.8, 4) is 0 Å². The number of rotatable bonds is 3. The molecule has 1 aliphatic heterocycles. The van der Waals surface area contributed by atoms with Crippen molar-refractivity contribution in [3.63, 3.8) is 0 Å². The Kier molecular flexibility index (Phi) is 5.11. The Hall–Kier alpha value is -2.39. The summed E-state index contributed by atoms with van der Waals surface area (Å²) < 4.78 is 16.0. The summed E-state index contributed by atoms with van der Waals surface area (Å²) in [5.74, 6) is 0.191. The van der Waals surface area contributed by atoms with Crippen LogP contribution in [0.4, 0.5) is 10.1 Å². The average molecular weight is 462 g/mol. The van der Waals surface area contributed by atoms with Crippen LogP contribution in [0.5, 0.6) is 0 Å². The molecule has 28 heavy (non-hydrogen) atoms. The van der Waals surface area contributed by atoms with E-state index in [2.05, 4.69) is 36.9 Å². The number of carbonyl (C=O) groups excluding carboxylic acids is 1. The number of thioether (sulfide) groups is 1. The molecule has 144 valence electrons. The topological polar surface area (TPSA) is 71.8 Å². The van der Waals surface area contributed by atoms with Crippen molar-refractivity contribution in [1.82, 2.24) is 14.9 Å². The van der Waals surface area contributed by atoms with Gasteiger partial charge in [0.1, 0.15) is 16.9 Å². The van der Waals surface area contributed by atoms with Crippen molar-refractivity contribution in [2.24, 2.45) is 0 Å². The number of nitrogens with zero attached hydrogens (tertiary/aromatic N) is 3. The number of amides is 1. The first kappa shape index (κ1) is 18.9. The molecule has 3 aromatic rings. The molecule has 2 aromatic carbocycles. The van der Waals surface area contributed by atoms with E-state index in [0.717, 1.165) is 15.6 Å².